The van der Waals surface area contributed by atoms with Crippen molar-refractivity contribution in [3.8, 4) is 5.75 Å². The van der Waals surface area contributed by atoms with Crippen LogP contribution >= 0.6 is 12.4 Å². The molecule has 0 amide bonds. The minimum atomic E-state index is -3.49. The molecule has 1 saturated heterocycles. The molecule has 7 heteroatoms. The van der Waals surface area contributed by atoms with E-state index in [1.54, 1.807) is 25.3 Å². The van der Waals surface area contributed by atoms with Crippen LogP contribution in [-0.2, 0) is 10.0 Å². The Morgan fingerprint density at radius 3 is 2.67 bits per heavy atom. The summed E-state index contributed by atoms with van der Waals surface area (Å²) >= 11 is 0. The number of aryl methyl sites for hydroxylation is 1. The van der Waals surface area contributed by atoms with Gasteiger partial charge in [0, 0.05) is 12.6 Å². The zero-order chi connectivity index (χ0) is 14.8. The van der Waals surface area contributed by atoms with E-state index in [-0.39, 0.29) is 23.3 Å². The van der Waals surface area contributed by atoms with Gasteiger partial charge in [0.15, 0.2) is 0 Å². The van der Waals surface area contributed by atoms with Crippen molar-refractivity contribution >= 4 is 22.4 Å². The second-order valence-electron chi connectivity index (χ2n) is 5.33. The fourth-order valence-electron chi connectivity index (χ4n) is 2.43. The Labute approximate surface area is 132 Å². The van der Waals surface area contributed by atoms with Crippen molar-refractivity contribution < 1.29 is 13.2 Å². The molecule has 1 aliphatic rings. The minimum absolute atomic E-state index is 0. The molecular formula is C14H23ClN2O3S. The molecule has 2 rings (SSSR count). The Morgan fingerprint density at radius 2 is 2.10 bits per heavy atom. The molecule has 0 aliphatic carbocycles. The highest BCUT2D eigenvalue weighted by Crippen LogP contribution is 2.22. The van der Waals surface area contributed by atoms with Crippen LogP contribution in [0, 0.1) is 12.8 Å². The van der Waals surface area contributed by atoms with E-state index in [2.05, 4.69) is 17.0 Å². The SMILES string of the molecule is COc1ccc(S(=O)(=O)NC2CNCCC2C)cc1C.Cl. The highest BCUT2D eigenvalue weighted by Gasteiger charge is 2.26. The summed E-state index contributed by atoms with van der Waals surface area (Å²) in [6, 6.07) is 4.85. The summed E-state index contributed by atoms with van der Waals surface area (Å²) in [6.07, 6.45) is 0.981. The molecular weight excluding hydrogens is 312 g/mol. The average Bonchev–Trinajstić information content (AvgIpc) is 2.41. The van der Waals surface area contributed by atoms with Crippen molar-refractivity contribution in [2.45, 2.75) is 31.2 Å². The number of rotatable bonds is 4. The molecule has 0 aromatic heterocycles. The van der Waals surface area contributed by atoms with Gasteiger partial charge in [-0.3, -0.25) is 0 Å². The van der Waals surface area contributed by atoms with Gasteiger partial charge in [-0.1, -0.05) is 6.92 Å². The van der Waals surface area contributed by atoms with Gasteiger partial charge in [-0.15, -0.1) is 12.4 Å². The molecule has 0 spiro atoms. The van der Waals surface area contributed by atoms with Gasteiger partial charge in [0.05, 0.1) is 12.0 Å². The molecule has 21 heavy (non-hydrogen) atoms. The zero-order valence-electron chi connectivity index (χ0n) is 12.5. The molecule has 2 atom stereocenters. The van der Waals surface area contributed by atoms with E-state index in [0.29, 0.717) is 18.2 Å². The first-order valence-corrected chi connectivity index (χ1v) is 8.30. The molecule has 1 heterocycles. The summed E-state index contributed by atoms with van der Waals surface area (Å²) in [5.41, 5.74) is 0.810. The molecule has 1 aromatic rings. The molecule has 2 unspecified atom stereocenters. The molecule has 0 radical (unpaired) electrons. The first-order chi connectivity index (χ1) is 9.44. The maximum Gasteiger partial charge on any atom is 0.240 e. The van der Waals surface area contributed by atoms with Crippen molar-refractivity contribution in [2.24, 2.45) is 5.92 Å². The summed E-state index contributed by atoms with van der Waals surface area (Å²) in [5.74, 6) is 1.03. The normalized spacial score (nSPS) is 22.4. The molecule has 1 aromatic carbocycles. The van der Waals surface area contributed by atoms with Gasteiger partial charge in [-0.2, -0.15) is 0 Å². The monoisotopic (exact) mass is 334 g/mol. The maximum absolute atomic E-state index is 12.4. The molecule has 1 aliphatic heterocycles. The predicted molar refractivity (Wildman–Crippen MR) is 85.7 cm³/mol. The summed E-state index contributed by atoms with van der Waals surface area (Å²) in [7, 11) is -1.91. The highest BCUT2D eigenvalue weighted by molar-refractivity contribution is 7.89. The molecule has 0 bridgehead atoms. The average molecular weight is 335 g/mol. The van der Waals surface area contributed by atoms with Crippen molar-refractivity contribution in [1.82, 2.24) is 10.0 Å². The fraction of sp³-hybridized carbons (Fsp3) is 0.571. The number of hydrogen-bond acceptors (Lipinski definition) is 4. The summed E-state index contributed by atoms with van der Waals surface area (Å²) in [5, 5.41) is 3.22. The third kappa shape index (κ3) is 4.32. The van der Waals surface area contributed by atoms with Crippen molar-refractivity contribution in [1.29, 1.82) is 0 Å². The number of piperidine rings is 1. The van der Waals surface area contributed by atoms with Gasteiger partial charge in [0.1, 0.15) is 5.75 Å². The number of ether oxygens (including phenoxy) is 1. The number of sulfonamides is 1. The Bertz CT molecular complexity index is 578. The van der Waals surface area contributed by atoms with Crippen LogP contribution < -0.4 is 14.8 Å². The highest BCUT2D eigenvalue weighted by atomic mass is 35.5. The standard InChI is InChI=1S/C14H22N2O3S.ClH/c1-10-6-7-15-9-13(10)16-20(17,18)12-4-5-14(19-3)11(2)8-12;/h4-5,8,10,13,15-16H,6-7,9H2,1-3H3;1H. The van der Waals surface area contributed by atoms with Gasteiger partial charge in [0.25, 0.3) is 0 Å². The Kier molecular flexibility index (Phi) is 6.46. The maximum atomic E-state index is 12.4. The van der Waals surface area contributed by atoms with Crippen molar-refractivity contribution in [3.63, 3.8) is 0 Å². The fourth-order valence-corrected chi connectivity index (χ4v) is 3.86. The lowest BCUT2D eigenvalue weighted by molar-refractivity contribution is 0.327. The second-order valence-corrected chi connectivity index (χ2v) is 7.04. The van der Waals surface area contributed by atoms with E-state index in [4.69, 9.17) is 4.74 Å². The molecule has 2 N–H and O–H groups in total. The lowest BCUT2D eigenvalue weighted by Crippen LogP contribution is -2.50. The molecule has 5 nitrogen and oxygen atoms in total. The topological polar surface area (TPSA) is 67.4 Å². The lowest BCUT2D eigenvalue weighted by atomic mass is 9.96. The van der Waals surface area contributed by atoms with E-state index in [1.165, 1.54) is 0 Å². The third-order valence-corrected chi connectivity index (χ3v) is 5.30. The van der Waals surface area contributed by atoms with E-state index < -0.39 is 10.0 Å². The molecule has 0 saturated carbocycles. The quantitative estimate of drug-likeness (QED) is 0.879. The number of halogens is 1. The van der Waals surface area contributed by atoms with Crippen LogP contribution in [0.2, 0.25) is 0 Å². The van der Waals surface area contributed by atoms with Gasteiger partial charge >= 0.3 is 0 Å². The number of benzene rings is 1. The van der Waals surface area contributed by atoms with Crippen LogP contribution in [0.25, 0.3) is 0 Å². The van der Waals surface area contributed by atoms with Crippen LogP contribution in [0.5, 0.6) is 5.75 Å². The minimum Gasteiger partial charge on any atom is -0.496 e. The lowest BCUT2D eigenvalue weighted by Gasteiger charge is -2.30. The summed E-state index contributed by atoms with van der Waals surface area (Å²) in [4.78, 5) is 0.286. The van der Waals surface area contributed by atoms with E-state index >= 15 is 0 Å². The second kappa shape index (κ2) is 7.45. The van der Waals surface area contributed by atoms with Crippen LogP contribution in [0.15, 0.2) is 23.1 Å². The van der Waals surface area contributed by atoms with Gasteiger partial charge in [-0.25, -0.2) is 13.1 Å². The Hall–Kier alpha value is -0.820. The van der Waals surface area contributed by atoms with Gasteiger partial charge in [0.2, 0.25) is 10.0 Å². The Balaban J connectivity index is 0.00000220. The number of methoxy groups -OCH3 is 1. The number of nitrogens with one attached hydrogen (secondary N) is 2. The van der Waals surface area contributed by atoms with Crippen LogP contribution in [0.3, 0.4) is 0 Å². The predicted octanol–water partition coefficient (Wildman–Crippen LogP) is 1.70. The Morgan fingerprint density at radius 1 is 1.38 bits per heavy atom. The number of hydrogen-bond donors (Lipinski definition) is 2. The van der Waals surface area contributed by atoms with Crippen molar-refractivity contribution in [3.05, 3.63) is 23.8 Å². The van der Waals surface area contributed by atoms with E-state index in [9.17, 15) is 8.42 Å². The molecule has 120 valence electrons. The van der Waals surface area contributed by atoms with Crippen LogP contribution in [0.4, 0.5) is 0 Å². The first kappa shape index (κ1) is 18.2. The smallest absolute Gasteiger partial charge is 0.240 e. The van der Waals surface area contributed by atoms with E-state index in [0.717, 1.165) is 18.5 Å². The third-order valence-electron chi connectivity index (χ3n) is 3.81. The van der Waals surface area contributed by atoms with Gasteiger partial charge < -0.3 is 10.1 Å². The van der Waals surface area contributed by atoms with Crippen molar-refractivity contribution in [2.75, 3.05) is 20.2 Å². The first-order valence-electron chi connectivity index (χ1n) is 6.81. The van der Waals surface area contributed by atoms with Crippen LogP contribution in [-0.4, -0.2) is 34.7 Å². The zero-order valence-corrected chi connectivity index (χ0v) is 14.2. The molecule has 1 fully saturated rings. The van der Waals surface area contributed by atoms with E-state index in [1.807, 2.05) is 6.92 Å². The summed E-state index contributed by atoms with van der Waals surface area (Å²) < 4.78 is 32.8. The van der Waals surface area contributed by atoms with Crippen LogP contribution in [0.1, 0.15) is 18.9 Å². The largest absolute Gasteiger partial charge is 0.496 e. The van der Waals surface area contributed by atoms with Gasteiger partial charge in [-0.05, 0) is 49.6 Å². The summed E-state index contributed by atoms with van der Waals surface area (Å²) in [6.45, 7) is 5.53.